The summed E-state index contributed by atoms with van der Waals surface area (Å²) in [4.78, 5) is 27.6. The van der Waals surface area contributed by atoms with Gasteiger partial charge in [0, 0.05) is 54.5 Å². The lowest BCUT2D eigenvalue weighted by atomic mass is 9.78. The van der Waals surface area contributed by atoms with E-state index in [0.717, 1.165) is 31.6 Å². The van der Waals surface area contributed by atoms with E-state index in [0.29, 0.717) is 39.5 Å². The summed E-state index contributed by atoms with van der Waals surface area (Å²) >= 11 is 0. The molecule has 0 saturated carbocycles. The van der Waals surface area contributed by atoms with Crippen LogP contribution in [0.1, 0.15) is 46.8 Å². The van der Waals surface area contributed by atoms with Gasteiger partial charge in [-0.25, -0.2) is 4.79 Å². The van der Waals surface area contributed by atoms with Gasteiger partial charge >= 0.3 is 11.9 Å². The molecule has 0 radical (unpaired) electrons. The summed E-state index contributed by atoms with van der Waals surface area (Å²) in [6.07, 6.45) is 2.23. The number of fused-ring (bicyclic) bond motifs is 1. The van der Waals surface area contributed by atoms with Gasteiger partial charge in [0.05, 0.1) is 19.8 Å². The Bertz CT molecular complexity index is 1300. The average molecular weight is 474 g/mol. The zero-order chi connectivity index (χ0) is 24.6. The first kappa shape index (κ1) is 22.8. The van der Waals surface area contributed by atoms with Crippen LogP contribution in [0.25, 0.3) is 0 Å². The SMILES string of the molecule is COc1ccc(C2(c3ccc(N4CCCC4)cc3OC(C)=O)OC(=O)c3ccccc32)c(OC)c1. The molecule has 35 heavy (non-hydrogen) atoms. The van der Waals surface area contributed by atoms with Crippen LogP contribution in [0.3, 0.4) is 0 Å². The van der Waals surface area contributed by atoms with Gasteiger partial charge in [0.2, 0.25) is 0 Å². The maximum atomic E-state index is 13.2. The molecule has 0 bridgehead atoms. The number of hydrogen-bond acceptors (Lipinski definition) is 7. The van der Waals surface area contributed by atoms with E-state index in [1.807, 2.05) is 36.4 Å². The number of nitrogens with zero attached hydrogens (tertiary/aromatic N) is 1. The Hall–Kier alpha value is -4.00. The summed E-state index contributed by atoms with van der Waals surface area (Å²) in [7, 11) is 3.13. The summed E-state index contributed by atoms with van der Waals surface area (Å²) in [5.41, 5.74) is 1.80. The topological polar surface area (TPSA) is 74.3 Å². The minimum absolute atomic E-state index is 0.337. The first-order valence-corrected chi connectivity index (χ1v) is 11.6. The lowest BCUT2D eigenvalue weighted by Gasteiger charge is -2.33. The van der Waals surface area contributed by atoms with E-state index >= 15 is 0 Å². The molecular weight excluding hydrogens is 446 g/mol. The van der Waals surface area contributed by atoms with Crippen LogP contribution in [0.2, 0.25) is 0 Å². The first-order chi connectivity index (χ1) is 17.0. The van der Waals surface area contributed by atoms with Gasteiger partial charge in [0.1, 0.15) is 17.2 Å². The van der Waals surface area contributed by atoms with E-state index in [1.165, 1.54) is 6.92 Å². The monoisotopic (exact) mass is 473 g/mol. The van der Waals surface area contributed by atoms with Crippen LogP contribution in [0.5, 0.6) is 17.2 Å². The summed E-state index contributed by atoms with van der Waals surface area (Å²) in [5.74, 6) is 0.494. The fourth-order valence-electron chi connectivity index (χ4n) is 5.06. The highest BCUT2D eigenvalue weighted by molar-refractivity contribution is 5.97. The highest BCUT2D eigenvalue weighted by atomic mass is 16.6. The summed E-state index contributed by atoms with van der Waals surface area (Å²) in [6, 6.07) is 18.3. The molecule has 7 heteroatoms. The first-order valence-electron chi connectivity index (χ1n) is 11.6. The van der Waals surface area contributed by atoms with Crippen molar-refractivity contribution in [3.8, 4) is 17.2 Å². The molecule has 2 aliphatic heterocycles. The molecule has 0 amide bonds. The third-order valence-corrected chi connectivity index (χ3v) is 6.63. The van der Waals surface area contributed by atoms with Crippen molar-refractivity contribution < 1.29 is 28.5 Å². The molecule has 3 aromatic carbocycles. The molecular formula is C28H27NO6. The van der Waals surface area contributed by atoms with Gasteiger partial charge in [-0.05, 0) is 43.2 Å². The number of ether oxygens (including phenoxy) is 4. The normalized spacial score (nSPS) is 18.7. The van der Waals surface area contributed by atoms with Crippen LogP contribution >= 0.6 is 0 Å². The Balaban J connectivity index is 1.80. The number of cyclic esters (lactones) is 1. The molecule has 0 aliphatic carbocycles. The third-order valence-electron chi connectivity index (χ3n) is 6.63. The number of benzene rings is 3. The predicted octanol–water partition coefficient (Wildman–Crippen LogP) is 4.69. The van der Waals surface area contributed by atoms with Crippen molar-refractivity contribution >= 4 is 17.6 Å². The Morgan fingerprint density at radius 1 is 0.886 bits per heavy atom. The molecule has 180 valence electrons. The quantitative estimate of drug-likeness (QED) is 0.380. The lowest BCUT2D eigenvalue weighted by Crippen LogP contribution is -2.31. The van der Waals surface area contributed by atoms with Gasteiger partial charge in [-0.1, -0.05) is 18.2 Å². The minimum atomic E-state index is -1.39. The maximum Gasteiger partial charge on any atom is 0.340 e. The number of esters is 2. The van der Waals surface area contributed by atoms with E-state index in [1.54, 1.807) is 38.5 Å². The van der Waals surface area contributed by atoms with Gasteiger partial charge in [0.25, 0.3) is 0 Å². The number of anilines is 1. The molecule has 7 nitrogen and oxygen atoms in total. The average Bonchev–Trinajstić information content (AvgIpc) is 3.51. The number of rotatable bonds is 6. The fraction of sp³-hybridized carbons (Fsp3) is 0.286. The molecule has 1 unspecified atom stereocenters. The van der Waals surface area contributed by atoms with Crippen LogP contribution in [0.4, 0.5) is 5.69 Å². The number of carbonyl (C=O) groups excluding carboxylic acids is 2. The summed E-state index contributed by atoms with van der Waals surface area (Å²) in [6.45, 7) is 3.24. The van der Waals surface area contributed by atoms with E-state index in [2.05, 4.69) is 4.90 Å². The third kappa shape index (κ3) is 3.77. The largest absolute Gasteiger partial charge is 0.497 e. The van der Waals surface area contributed by atoms with E-state index in [-0.39, 0.29) is 0 Å². The van der Waals surface area contributed by atoms with Crippen LogP contribution in [0, 0.1) is 0 Å². The molecule has 1 saturated heterocycles. The Morgan fingerprint density at radius 2 is 1.60 bits per heavy atom. The highest BCUT2D eigenvalue weighted by Gasteiger charge is 2.51. The van der Waals surface area contributed by atoms with E-state index < -0.39 is 17.5 Å². The number of methoxy groups -OCH3 is 2. The van der Waals surface area contributed by atoms with Gasteiger partial charge in [-0.2, -0.15) is 0 Å². The van der Waals surface area contributed by atoms with Crippen molar-refractivity contribution in [2.75, 3.05) is 32.2 Å². The lowest BCUT2D eigenvalue weighted by molar-refractivity contribution is -0.132. The second-order valence-electron chi connectivity index (χ2n) is 8.65. The minimum Gasteiger partial charge on any atom is -0.497 e. The standard InChI is InChI=1S/C28H27NO6/c1-18(30)34-26-16-19(29-14-6-7-15-29)10-12-24(26)28(22-9-5-4-8-21(22)27(31)35-28)23-13-11-20(32-2)17-25(23)33-3/h4-5,8-13,16-17H,6-7,14-15H2,1-3H3. The van der Waals surface area contributed by atoms with Crippen molar-refractivity contribution in [3.05, 3.63) is 82.9 Å². The van der Waals surface area contributed by atoms with E-state index in [9.17, 15) is 9.59 Å². The Kier molecular flexibility index (Phi) is 5.84. The maximum absolute atomic E-state index is 13.2. The summed E-state index contributed by atoms with van der Waals surface area (Å²) in [5, 5.41) is 0. The molecule has 1 fully saturated rings. The highest BCUT2D eigenvalue weighted by Crippen LogP contribution is 2.53. The summed E-state index contributed by atoms with van der Waals surface area (Å²) < 4.78 is 23.1. The molecule has 0 spiro atoms. The second kappa shape index (κ2) is 8.98. The molecule has 0 N–H and O–H groups in total. The van der Waals surface area contributed by atoms with Crippen molar-refractivity contribution in [1.29, 1.82) is 0 Å². The molecule has 5 rings (SSSR count). The second-order valence-corrected chi connectivity index (χ2v) is 8.65. The van der Waals surface area contributed by atoms with Gasteiger partial charge in [0.15, 0.2) is 5.60 Å². The van der Waals surface area contributed by atoms with Gasteiger partial charge < -0.3 is 23.8 Å². The Labute approximate surface area is 204 Å². The molecule has 3 aromatic rings. The van der Waals surface area contributed by atoms with Crippen LogP contribution < -0.4 is 19.1 Å². The molecule has 0 aromatic heterocycles. The van der Waals surface area contributed by atoms with Crippen LogP contribution in [-0.4, -0.2) is 39.2 Å². The number of carbonyl (C=O) groups is 2. The van der Waals surface area contributed by atoms with Crippen molar-refractivity contribution in [1.82, 2.24) is 0 Å². The predicted molar refractivity (Wildman–Crippen MR) is 130 cm³/mol. The van der Waals surface area contributed by atoms with Gasteiger partial charge in [-0.15, -0.1) is 0 Å². The molecule has 2 aliphatic rings. The van der Waals surface area contributed by atoms with Gasteiger partial charge in [-0.3, -0.25) is 4.79 Å². The van der Waals surface area contributed by atoms with Crippen LogP contribution in [-0.2, 0) is 15.1 Å². The van der Waals surface area contributed by atoms with E-state index in [4.69, 9.17) is 18.9 Å². The van der Waals surface area contributed by atoms with Crippen LogP contribution in [0.15, 0.2) is 60.7 Å². The fourth-order valence-corrected chi connectivity index (χ4v) is 5.06. The smallest absolute Gasteiger partial charge is 0.340 e. The molecule has 1 atom stereocenters. The zero-order valence-electron chi connectivity index (χ0n) is 20.0. The Morgan fingerprint density at radius 3 is 2.31 bits per heavy atom. The van der Waals surface area contributed by atoms with Crippen molar-refractivity contribution in [2.45, 2.75) is 25.4 Å². The zero-order valence-corrected chi connectivity index (χ0v) is 20.0. The molecule has 2 heterocycles. The van der Waals surface area contributed by atoms with Crippen molar-refractivity contribution in [3.63, 3.8) is 0 Å². The van der Waals surface area contributed by atoms with Crippen molar-refractivity contribution in [2.24, 2.45) is 0 Å². The number of hydrogen-bond donors (Lipinski definition) is 0.